The summed E-state index contributed by atoms with van der Waals surface area (Å²) >= 11 is 0. The number of hydrogen-bond acceptors (Lipinski definition) is 2. The molecule has 0 saturated carbocycles. The molecular weight excluding hydrogens is 172 g/mol. The first-order valence-electron chi connectivity index (χ1n) is 4.80. The molecule has 2 nitrogen and oxygen atoms in total. The predicted molar refractivity (Wildman–Crippen MR) is 60.0 cm³/mol. The number of rotatable bonds is 2. The summed E-state index contributed by atoms with van der Waals surface area (Å²) in [6, 6.07) is 10.6. The second-order valence-electron chi connectivity index (χ2n) is 3.27. The summed E-state index contributed by atoms with van der Waals surface area (Å²) in [4.78, 5) is 2.18. The molecule has 1 aliphatic heterocycles. The molecule has 1 atom stereocenters. The molecule has 1 heterocycles. The van der Waals surface area contributed by atoms with E-state index >= 15 is 0 Å². The largest absolute Gasteiger partial charge is 0.340 e. The van der Waals surface area contributed by atoms with Gasteiger partial charge in [-0.1, -0.05) is 30.4 Å². The van der Waals surface area contributed by atoms with Crippen molar-refractivity contribution in [2.24, 2.45) is 5.73 Å². The minimum Gasteiger partial charge on any atom is -0.340 e. The average molecular weight is 186 g/mol. The van der Waals surface area contributed by atoms with Gasteiger partial charge < -0.3 is 10.6 Å². The Morgan fingerprint density at radius 2 is 1.93 bits per heavy atom. The van der Waals surface area contributed by atoms with Gasteiger partial charge in [-0.25, -0.2) is 0 Å². The topological polar surface area (TPSA) is 29.3 Å². The van der Waals surface area contributed by atoms with Crippen molar-refractivity contribution in [3.8, 4) is 0 Å². The molecule has 2 heteroatoms. The lowest BCUT2D eigenvalue weighted by Gasteiger charge is -2.29. The first-order chi connectivity index (χ1) is 6.92. The van der Waals surface area contributed by atoms with Crippen LogP contribution in [-0.4, -0.2) is 12.6 Å². The Morgan fingerprint density at radius 1 is 1.14 bits per heavy atom. The van der Waals surface area contributed by atoms with Gasteiger partial charge in [0.05, 0.1) is 6.04 Å². The van der Waals surface area contributed by atoms with E-state index in [0.717, 1.165) is 0 Å². The molecule has 1 aromatic rings. The normalized spacial score (nSPS) is 20.1. The van der Waals surface area contributed by atoms with Crippen LogP contribution in [0.15, 0.2) is 54.8 Å². The minimum absolute atomic E-state index is 0.280. The molecule has 2 rings (SSSR count). The Hall–Kier alpha value is -1.54. The van der Waals surface area contributed by atoms with Crippen molar-refractivity contribution >= 4 is 5.69 Å². The van der Waals surface area contributed by atoms with Crippen LogP contribution in [0.2, 0.25) is 0 Å². The van der Waals surface area contributed by atoms with E-state index in [1.807, 2.05) is 30.4 Å². The van der Waals surface area contributed by atoms with Gasteiger partial charge in [0.1, 0.15) is 0 Å². The van der Waals surface area contributed by atoms with E-state index < -0.39 is 0 Å². The van der Waals surface area contributed by atoms with E-state index in [1.54, 1.807) is 0 Å². The molecule has 0 amide bonds. The van der Waals surface area contributed by atoms with Crippen molar-refractivity contribution in [1.82, 2.24) is 0 Å². The number of anilines is 1. The van der Waals surface area contributed by atoms with Crippen LogP contribution in [0, 0.1) is 0 Å². The lowest BCUT2D eigenvalue weighted by molar-refractivity contribution is 0.773. The second-order valence-corrected chi connectivity index (χ2v) is 3.27. The average Bonchev–Trinajstić information content (AvgIpc) is 2.30. The lowest BCUT2D eigenvalue weighted by atomic mass is 10.1. The fourth-order valence-corrected chi connectivity index (χ4v) is 1.61. The third-order valence-electron chi connectivity index (χ3n) is 2.34. The zero-order valence-electron chi connectivity index (χ0n) is 8.01. The molecule has 0 aliphatic carbocycles. The molecule has 0 fully saturated rings. The number of nitrogens with zero attached hydrogens (tertiary/aromatic N) is 1. The molecule has 2 N–H and O–H groups in total. The summed E-state index contributed by atoms with van der Waals surface area (Å²) in [5.74, 6) is 0. The molecular formula is C12H14N2. The molecule has 0 saturated heterocycles. The molecule has 1 aromatic carbocycles. The maximum atomic E-state index is 5.70. The molecule has 0 spiro atoms. The second kappa shape index (κ2) is 4.11. The van der Waals surface area contributed by atoms with Crippen LogP contribution in [0.4, 0.5) is 5.69 Å². The Morgan fingerprint density at radius 3 is 2.64 bits per heavy atom. The summed E-state index contributed by atoms with van der Waals surface area (Å²) in [6.07, 6.45) is 8.25. The molecule has 1 unspecified atom stereocenters. The van der Waals surface area contributed by atoms with E-state index in [1.165, 1.54) is 5.69 Å². The SMILES string of the molecule is NCC1C=CC=CN1c1ccccc1. The van der Waals surface area contributed by atoms with E-state index in [4.69, 9.17) is 5.73 Å². The fraction of sp³-hybridized carbons (Fsp3) is 0.167. The summed E-state index contributed by atoms with van der Waals surface area (Å²) < 4.78 is 0. The van der Waals surface area contributed by atoms with Gasteiger partial charge in [0, 0.05) is 18.4 Å². The van der Waals surface area contributed by atoms with E-state index in [0.29, 0.717) is 6.54 Å². The third-order valence-corrected chi connectivity index (χ3v) is 2.34. The van der Waals surface area contributed by atoms with Gasteiger partial charge >= 0.3 is 0 Å². The number of nitrogens with two attached hydrogens (primary N) is 1. The summed E-state index contributed by atoms with van der Waals surface area (Å²) in [6.45, 7) is 0.635. The predicted octanol–water partition coefficient (Wildman–Crippen LogP) is 1.90. The molecule has 72 valence electrons. The zero-order valence-corrected chi connectivity index (χ0v) is 8.01. The Bertz CT molecular complexity index is 341. The van der Waals surface area contributed by atoms with Crippen molar-refractivity contribution in [3.63, 3.8) is 0 Å². The molecule has 0 bridgehead atoms. The Balaban J connectivity index is 2.25. The lowest BCUT2D eigenvalue weighted by Crippen LogP contribution is -2.36. The van der Waals surface area contributed by atoms with Crippen molar-refractivity contribution in [1.29, 1.82) is 0 Å². The van der Waals surface area contributed by atoms with Crippen LogP contribution in [-0.2, 0) is 0 Å². The highest BCUT2D eigenvalue weighted by atomic mass is 15.2. The standard InChI is InChI=1S/C12H14N2/c13-10-12-8-4-5-9-14(12)11-6-2-1-3-7-11/h1-9,12H,10,13H2. The zero-order chi connectivity index (χ0) is 9.80. The van der Waals surface area contributed by atoms with E-state index in [9.17, 15) is 0 Å². The van der Waals surface area contributed by atoms with Gasteiger partial charge in [-0.2, -0.15) is 0 Å². The van der Waals surface area contributed by atoms with Crippen LogP contribution in [0.3, 0.4) is 0 Å². The van der Waals surface area contributed by atoms with Gasteiger partial charge in [0.15, 0.2) is 0 Å². The molecule has 1 aliphatic rings. The smallest absolute Gasteiger partial charge is 0.0641 e. The number of allylic oxidation sites excluding steroid dienone is 2. The van der Waals surface area contributed by atoms with Gasteiger partial charge in [-0.05, 0) is 18.2 Å². The minimum atomic E-state index is 0.280. The monoisotopic (exact) mass is 186 g/mol. The number of benzene rings is 1. The van der Waals surface area contributed by atoms with Crippen molar-refractivity contribution in [3.05, 3.63) is 54.8 Å². The van der Waals surface area contributed by atoms with Crippen LogP contribution in [0.25, 0.3) is 0 Å². The van der Waals surface area contributed by atoms with E-state index in [-0.39, 0.29) is 6.04 Å². The first-order valence-corrected chi connectivity index (χ1v) is 4.80. The van der Waals surface area contributed by atoms with Gasteiger partial charge in [-0.3, -0.25) is 0 Å². The van der Waals surface area contributed by atoms with Crippen LogP contribution >= 0.6 is 0 Å². The summed E-state index contributed by atoms with van der Waals surface area (Å²) in [5, 5.41) is 0. The van der Waals surface area contributed by atoms with Gasteiger partial charge in [0.25, 0.3) is 0 Å². The van der Waals surface area contributed by atoms with Crippen LogP contribution < -0.4 is 10.6 Å². The van der Waals surface area contributed by atoms with Crippen LogP contribution in [0.5, 0.6) is 0 Å². The maximum Gasteiger partial charge on any atom is 0.0641 e. The number of para-hydroxylation sites is 1. The quantitative estimate of drug-likeness (QED) is 0.764. The van der Waals surface area contributed by atoms with E-state index in [2.05, 4.69) is 29.3 Å². The van der Waals surface area contributed by atoms with Gasteiger partial charge in [-0.15, -0.1) is 0 Å². The van der Waals surface area contributed by atoms with Crippen molar-refractivity contribution in [2.75, 3.05) is 11.4 Å². The van der Waals surface area contributed by atoms with Crippen molar-refractivity contribution < 1.29 is 0 Å². The Labute approximate surface area is 84.3 Å². The van der Waals surface area contributed by atoms with Crippen molar-refractivity contribution in [2.45, 2.75) is 6.04 Å². The molecule has 0 radical (unpaired) electrons. The molecule has 0 aromatic heterocycles. The summed E-state index contributed by atoms with van der Waals surface area (Å²) in [5.41, 5.74) is 6.89. The highest BCUT2D eigenvalue weighted by Crippen LogP contribution is 2.19. The maximum absolute atomic E-state index is 5.70. The highest BCUT2D eigenvalue weighted by molar-refractivity contribution is 5.52. The Kier molecular flexibility index (Phi) is 2.65. The molecule has 14 heavy (non-hydrogen) atoms. The highest BCUT2D eigenvalue weighted by Gasteiger charge is 2.13. The third kappa shape index (κ3) is 1.70. The fourth-order valence-electron chi connectivity index (χ4n) is 1.61. The van der Waals surface area contributed by atoms with Gasteiger partial charge in [0.2, 0.25) is 0 Å². The van der Waals surface area contributed by atoms with Crippen LogP contribution in [0.1, 0.15) is 0 Å². The number of hydrogen-bond donors (Lipinski definition) is 1. The summed E-state index contributed by atoms with van der Waals surface area (Å²) in [7, 11) is 0. The first kappa shape index (κ1) is 9.03.